The summed E-state index contributed by atoms with van der Waals surface area (Å²) in [5.41, 5.74) is 1.29. The smallest absolute Gasteiger partial charge is 0.0558 e. The fourth-order valence-corrected chi connectivity index (χ4v) is 2.89. The van der Waals surface area contributed by atoms with Crippen LogP contribution in [-0.2, 0) is 0 Å². The summed E-state index contributed by atoms with van der Waals surface area (Å²) in [5, 5.41) is 3.29. The van der Waals surface area contributed by atoms with Gasteiger partial charge in [0.2, 0.25) is 0 Å². The number of aromatic nitrogens is 1. The lowest BCUT2D eigenvalue weighted by atomic mass is 10.1. The number of hydrogen-bond acceptors (Lipinski definition) is 3. The van der Waals surface area contributed by atoms with E-state index in [0.717, 1.165) is 18.5 Å². The van der Waals surface area contributed by atoms with Gasteiger partial charge >= 0.3 is 0 Å². The minimum atomic E-state index is 0. The molecular weight excluding hydrogens is 222 g/mol. The van der Waals surface area contributed by atoms with Gasteiger partial charge in [-0.2, -0.15) is 0 Å². The van der Waals surface area contributed by atoms with Crippen LogP contribution in [0.3, 0.4) is 0 Å². The maximum absolute atomic E-state index is 4.21. The van der Waals surface area contributed by atoms with Gasteiger partial charge in [0.15, 0.2) is 0 Å². The number of pyridine rings is 1. The van der Waals surface area contributed by atoms with Crippen molar-refractivity contribution in [3.63, 3.8) is 0 Å². The first-order valence-electron chi connectivity index (χ1n) is 5.73. The second-order valence-corrected chi connectivity index (χ2v) is 4.63. The zero-order chi connectivity index (χ0) is 10.3. The van der Waals surface area contributed by atoms with Crippen LogP contribution in [0.5, 0.6) is 0 Å². The van der Waals surface area contributed by atoms with Crippen LogP contribution in [0.4, 0.5) is 5.69 Å². The number of rotatable bonds is 3. The molecule has 0 aromatic carbocycles. The molecule has 3 rings (SSSR count). The number of nitrogens with zero attached hydrogens (tertiary/aromatic N) is 2. The predicted molar refractivity (Wildman–Crippen MR) is 68.2 cm³/mol. The van der Waals surface area contributed by atoms with E-state index in [1.807, 2.05) is 25.5 Å². The molecule has 1 aliphatic carbocycles. The van der Waals surface area contributed by atoms with Gasteiger partial charge in [-0.3, -0.25) is 4.98 Å². The van der Waals surface area contributed by atoms with Gasteiger partial charge < -0.3 is 10.2 Å². The molecule has 0 spiro atoms. The highest BCUT2D eigenvalue weighted by Gasteiger charge is 2.51. The molecule has 2 aliphatic rings. The average molecular weight is 240 g/mol. The summed E-state index contributed by atoms with van der Waals surface area (Å²) in [4.78, 5) is 6.78. The molecule has 1 saturated heterocycles. The third-order valence-electron chi connectivity index (χ3n) is 3.59. The van der Waals surface area contributed by atoms with Crippen LogP contribution in [0.25, 0.3) is 0 Å². The Morgan fingerprint density at radius 1 is 1.50 bits per heavy atom. The van der Waals surface area contributed by atoms with Crippen molar-refractivity contribution >= 4 is 18.1 Å². The predicted octanol–water partition coefficient (Wildman–Crippen LogP) is 1.69. The molecule has 2 heterocycles. The summed E-state index contributed by atoms with van der Waals surface area (Å²) in [7, 11) is 2.03. The van der Waals surface area contributed by atoms with Gasteiger partial charge in [0, 0.05) is 24.8 Å². The zero-order valence-electron chi connectivity index (χ0n) is 9.47. The van der Waals surface area contributed by atoms with Gasteiger partial charge in [-0.1, -0.05) is 0 Å². The fraction of sp³-hybridized carbons (Fsp3) is 0.583. The molecule has 88 valence electrons. The molecule has 1 aromatic rings. The first kappa shape index (κ1) is 11.7. The first-order valence-corrected chi connectivity index (χ1v) is 5.73. The van der Waals surface area contributed by atoms with Crippen molar-refractivity contribution < 1.29 is 0 Å². The van der Waals surface area contributed by atoms with Crippen LogP contribution >= 0.6 is 12.4 Å². The van der Waals surface area contributed by atoms with E-state index >= 15 is 0 Å². The average Bonchev–Trinajstić information content (AvgIpc) is 2.92. The Morgan fingerprint density at radius 2 is 2.38 bits per heavy atom. The lowest BCUT2D eigenvalue weighted by Gasteiger charge is -2.29. The first-order chi connectivity index (χ1) is 7.40. The van der Waals surface area contributed by atoms with E-state index in [-0.39, 0.29) is 12.4 Å². The van der Waals surface area contributed by atoms with Gasteiger partial charge in [-0.15, -0.1) is 12.4 Å². The van der Waals surface area contributed by atoms with Crippen LogP contribution in [-0.4, -0.2) is 30.7 Å². The van der Waals surface area contributed by atoms with E-state index < -0.39 is 0 Å². The Kier molecular flexibility index (Phi) is 3.36. The molecule has 1 aromatic heterocycles. The maximum Gasteiger partial charge on any atom is 0.0558 e. The molecule has 0 radical (unpaired) electrons. The molecule has 3 atom stereocenters. The molecule has 3 nitrogen and oxygen atoms in total. The van der Waals surface area contributed by atoms with Gasteiger partial charge in [0.05, 0.1) is 11.9 Å². The highest BCUT2D eigenvalue weighted by molar-refractivity contribution is 5.85. The van der Waals surface area contributed by atoms with Crippen LogP contribution in [0.2, 0.25) is 0 Å². The summed E-state index contributed by atoms with van der Waals surface area (Å²) in [6.07, 6.45) is 6.57. The minimum absolute atomic E-state index is 0. The second-order valence-electron chi connectivity index (χ2n) is 4.63. The summed E-state index contributed by atoms with van der Waals surface area (Å²) >= 11 is 0. The molecule has 2 fully saturated rings. The Balaban J connectivity index is 0.000000963. The highest BCUT2D eigenvalue weighted by atomic mass is 35.5. The number of fused-ring (bicyclic) bond motifs is 1. The second kappa shape index (κ2) is 4.60. The lowest BCUT2D eigenvalue weighted by Crippen LogP contribution is -2.39. The molecule has 0 amide bonds. The van der Waals surface area contributed by atoms with Crippen molar-refractivity contribution in [3.8, 4) is 0 Å². The van der Waals surface area contributed by atoms with Gasteiger partial charge in [-0.05, 0) is 37.9 Å². The Bertz CT molecular complexity index is 343. The molecule has 1 N–H and O–H groups in total. The van der Waals surface area contributed by atoms with E-state index in [4.69, 9.17) is 0 Å². The standard InChI is InChI=1S/C12H17N3.ClH/c1-13-7-11-5-9-6-12(9)15(11)10-3-2-4-14-8-10;/h2-4,8-9,11-13H,5-7H2,1H3;1H/t9-,11?,12+;/m1./s1. The summed E-state index contributed by atoms with van der Waals surface area (Å²) in [5.74, 6) is 0.948. The van der Waals surface area contributed by atoms with Crippen LogP contribution in [0.1, 0.15) is 12.8 Å². The van der Waals surface area contributed by atoms with Crippen molar-refractivity contribution in [1.29, 1.82) is 0 Å². The third kappa shape index (κ3) is 1.89. The van der Waals surface area contributed by atoms with Crippen molar-refractivity contribution in [1.82, 2.24) is 10.3 Å². The fourth-order valence-electron chi connectivity index (χ4n) is 2.89. The van der Waals surface area contributed by atoms with Crippen molar-refractivity contribution in [2.75, 3.05) is 18.5 Å². The van der Waals surface area contributed by atoms with Crippen LogP contribution in [0.15, 0.2) is 24.5 Å². The molecule has 0 bridgehead atoms. The summed E-state index contributed by atoms with van der Waals surface area (Å²) < 4.78 is 0. The quantitative estimate of drug-likeness (QED) is 0.870. The number of likely N-dealkylation sites (N-methyl/N-ethyl adjacent to an activating group) is 1. The zero-order valence-corrected chi connectivity index (χ0v) is 10.3. The summed E-state index contributed by atoms with van der Waals surface area (Å²) in [6.45, 7) is 1.09. The Hall–Kier alpha value is -0.800. The van der Waals surface area contributed by atoms with Crippen molar-refractivity contribution in [3.05, 3.63) is 24.5 Å². The van der Waals surface area contributed by atoms with E-state index in [0.29, 0.717) is 6.04 Å². The monoisotopic (exact) mass is 239 g/mol. The topological polar surface area (TPSA) is 28.2 Å². The molecular formula is C12H18ClN3. The number of anilines is 1. The van der Waals surface area contributed by atoms with Gasteiger partial charge in [-0.25, -0.2) is 0 Å². The number of piperidine rings is 1. The number of halogens is 1. The third-order valence-corrected chi connectivity index (χ3v) is 3.59. The Morgan fingerprint density at radius 3 is 3.06 bits per heavy atom. The molecule has 1 aliphatic heterocycles. The SMILES string of the molecule is CNCC1C[C@@H]2C[C@@H]2N1c1cccnc1.Cl. The van der Waals surface area contributed by atoms with Gasteiger partial charge in [0.1, 0.15) is 0 Å². The molecule has 16 heavy (non-hydrogen) atoms. The van der Waals surface area contributed by atoms with E-state index in [9.17, 15) is 0 Å². The number of nitrogens with one attached hydrogen (secondary N) is 1. The van der Waals surface area contributed by atoms with E-state index in [2.05, 4.69) is 21.3 Å². The molecule has 1 unspecified atom stereocenters. The van der Waals surface area contributed by atoms with Crippen LogP contribution < -0.4 is 10.2 Å². The molecule has 4 heteroatoms. The lowest BCUT2D eigenvalue weighted by molar-refractivity contribution is 0.564. The van der Waals surface area contributed by atoms with Crippen molar-refractivity contribution in [2.24, 2.45) is 5.92 Å². The Labute approximate surface area is 103 Å². The normalized spacial score (nSPS) is 30.8. The van der Waals surface area contributed by atoms with Crippen LogP contribution in [0, 0.1) is 5.92 Å². The number of hydrogen-bond donors (Lipinski definition) is 1. The van der Waals surface area contributed by atoms with Gasteiger partial charge in [0.25, 0.3) is 0 Å². The van der Waals surface area contributed by atoms with Crippen molar-refractivity contribution in [2.45, 2.75) is 24.9 Å². The molecule has 1 saturated carbocycles. The van der Waals surface area contributed by atoms with E-state index in [1.165, 1.54) is 18.5 Å². The highest BCUT2D eigenvalue weighted by Crippen LogP contribution is 2.49. The maximum atomic E-state index is 4.21. The van der Waals surface area contributed by atoms with E-state index in [1.54, 1.807) is 0 Å². The largest absolute Gasteiger partial charge is 0.363 e. The summed E-state index contributed by atoms with van der Waals surface area (Å²) in [6, 6.07) is 5.67. The minimum Gasteiger partial charge on any atom is -0.363 e.